The van der Waals surface area contributed by atoms with Gasteiger partial charge in [0.25, 0.3) is 0 Å². The van der Waals surface area contributed by atoms with E-state index < -0.39 is 5.41 Å². The van der Waals surface area contributed by atoms with E-state index in [4.69, 9.17) is 0 Å². The largest absolute Gasteiger partial charge is 0.355 e. The molecule has 0 radical (unpaired) electrons. The van der Waals surface area contributed by atoms with Crippen molar-refractivity contribution in [3.8, 4) is 0 Å². The molecule has 1 N–H and O–H groups in total. The van der Waals surface area contributed by atoms with E-state index in [2.05, 4.69) is 25.1 Å². The van der Waals surface area contributed by atoms with Crippen LogP contribution >= 0.6 is 0 Å². The van der Waals surface area contributed by atoms with Gasteiger partial charge in [-0.1, -0.05) is 0 Å². The van der Waals surface area contributed by atoms with E-state index in [1.54, 1.807) is 12.4 Å². The summed E-state index contributed by atoms with van der Waals surface area (Å²) in [5, 5.41) is 3.28. The van der Waals surface area contributed by atoms with Crippen molar-refractivity contribution in [3.05, 3.63) is 18.5 Å². The summed E-state index contributed by atoms with van der Waals surface area (Å²) < 4.78 is 0. The molecule has 1 aliphatic carbocycles. The molecule has 168 valence electrons. The molecule has 8 heteroatoms. The number of hydrogen-bond acceptors (Lipinski definition) is 6. The molecule has 5 rings (SSSR count). The van der Waals surface area contributed by atoms with Crippen LogP contribution in [0.3, 0.4) is 0 Å². The van der Waals surface area contributed by atoms with Crippen LogP contribution in [-0.2, 0) is 9.59 Å². The van der Waals surface area contributed by atoms with Crippen LogP contribution in [0.15, 0.2) is 18.5 Å². The highest BCUT2D eigenvalue weighted by Gasteiger charge is 2.53. The van der Waals surface area contributed by atoms with Crippen LogP contribution < -0.4 is 10.2 Å². The van der Waals surface area contributed by atoms with Gasteiger partial charge in [-0.25, -0.2) is 9.97 Å². The zero-order chi connectivity index (χ0) is 21.3. The SMILES string of the molecule is O=C(CN1CCC[C@]2(C(=O)NCC3CC3)CN(c3ncccn3)C[C@@H]2C1)N1CCCC1. The van der Waals surface area contributed by atoms with Crippen LogP contribution in [0.25, 0.3) is 0 Å². The van der Waals surface area contributed by atoms with Crippen molar-refractivity contribution in [2.45, 2.75) is 38.5 Å². The average molecular weight is 427 g/mol. The predicted octanol–water partition coefficient (Wildman–Crippen LogP) is 1.14. The Balaban J connectivity index is 1.33. The number of rotatable bonds is 6. The summed E-state index contributed by atoms with van der Waals surface area (Å²) >= 11 is 0. The second-order valence-corrected chi connectivity index (χ2v) is 9.86. The lowest BCUT2D eigenvalue weighted by molar-refractivity contribution is -0.132. The molecule has 4 aliphatic rings. The number of carbonyl (C=O) groups is 2. The van der Waals surface area contributed by atoms with Gasteiger partial charge >= 0.3 is 0 Å². The molecule has 3 aliphatic heterocycles. The van der Waals surface area contributed by atoms with Gasteiger partial charge in [-0.2, -0.15) is 0 Å². The lowest BCUT2D eigenvalue weighted by Gasteiger charge is -2.32. The van der Waals surface area contributed by atoms with Crippen molar-refractivity contribution >= 4 is 17.8 Å². The third-order valence-electron chi connectivity index (χ3n) is 7.62. The fourth-order valence-corrected chi connectivity index (χ4v) is 5.63. The Kier molecular flexibility index (Phi) is 5.82. The molecule has 2 atom stereocenters. The summed E-state index contributed by atoms with van der Waals surface area (Å²) in [7, 11) is 0. The van der Waals surface area contributed by atoms with Crippen molar-refractivity contribution in [2.75, 3.05) is 57.3 Å². The van der Waals surface area contributed by atoms with Gasteiger partial charge in [0.2, 0.25) is 17.8 Å². The second-order valence-electron chi connectivity index (χ2n) is 9.86. The Bertz CT molecular complexity index is 795. The number of nitrogens with one attached hydrogen (secondary N) is 1. The van der Waals surface area contributed by atoms with E-state index in [0.717, 1.165) is 65.0 Å². The fraction of sp³-hybridized carbons (Fsp3) is 0.739. The van der Waals surface area contributed by atoms with Crippen molar-refractivity contribution in [2.24, 2.45) is 17.3 Å². The minimum Gasteiger partial charge on any atom is -0.355 e. The molecule has 0 aromatic carbocycles. The maximum Gasteiger partial charge on any atom is 0.236 e. The normalized spacial score (nSPS) is 29.0. The number of likely N-dealkylation sites (tertiary alicyclic amines) is 2. The Morgan fingerprint density at radius 1 is 1.06 bits per heavy atom. The van der Waals surface area contributed by atoms with Crippen molar-refractivity contribution < 1.29 is 9.59 Å². The molecule has 0 bridgehead atoms. The van der Waals surface area contributed by atoms with Crippen molar-refractivity contribution in [1.29, 1.82) is 0 Å². The molecule has 1 aromatic rings. The van der Waals surface area contributed by atoms with E-state index in [9.17, 15) is 9.59 Å². The summed E-state index contributed by atoms with van der Waals surface area (Å²) in [6.07, 6.45) is 10.0. The summed E-state index contributed by atoms with van der Waals surface area (Å²) in [6, 6.07) is 1.82. The first-order valence-corrected chi connectivity index (χ1v) is 11.9. The van der Waals surface area contributed by atoms with Gasteiger partial charge in [0.15, 0.2) is 0 Å². The standard InChI is InChI=1S/C23H34N6O2/c30-20(28-11-1-2-12-28)16-27-10-3-7-23(21(31)26-13-18-5-6-18)17-29(15-19(23)14-27)22-24-8-4-9-25-22/h4,8-9,18-19H,1-3,5-7,10-17H2,(H,26,31)/t19-,23-/m0/s1. The molecule has 0 spiro atoms. The fourth-order valence-electron chi connectivity index (χ4n) is 5.63. The highest BCUT2D eigenvalue weighted by molar-refractivity contribution is 5.85. The van der Waals surface area contributed by atoms with Crippen molar-refractivity contribution in [3.63, 3.8) is 0 Å². The van der Waals surface area contributed by atoms with E-state index in [-0.39, 0.29) is 17.7 Å². The van der Waals surface area contributed by atoms with Gasteiger partial charge < -0.3 is 15.1 Å². The summed E-state index contributed by atoms with van der Waals surface area (Å²) in [6.45, 7) is 6.13. The molecule has 2 amide bonds. The number of hydrogen-bond donors (Lipinski definition) is 1. The van der Waals surface area contributed by atoms with Crippen molar-refractivity contribution in [1.82, 2.24) is 25.1 Å². The van der Waals surface area contributed by atoms with Gasteiger partial charge in [0, 0.05) is 57.6 Å². The molecule has 31 heavy (non-hydrogen) atoms. The molecule has 8 nitrogen and oxygen atoms in total. The quantitative estimate of drug-likeness (QED) is 0.735. The highest BCUT2D eigenvalue weighted by atomic mass is 16.2. The molecular weight excluding hydrogens is 392 g/mol. The molecule has 4 fully saturated rings. The lowest BCUT2D eigenvalue weighted by atomic mass is 9.74. The smallest absolute Gasteiger partial charge is 0.236 e. The number of anilines is 1. The zero-order valence-corrected chi connectivity index (χ0v) is 18.3. The van der Waals surface area contributed by atoms with Gasteiger partial charge in [-0.05, 0) is 57.1 Å². The van der Waals surface area contributed by atoms with Crippen LogP contribution in [0, 0.1) is 17.3 Å². The van der Waals surface area contributed by atoms with Gasteiger partial charge in [0.1, 0.15) is 0 Å². The summed E-state index contributed by atoms with van der Waals surface area (Å²) in [5.41, 5.74) is -0.431. The number of nitrogens with zero attached hydrogens (tertiary/aromatic N) is 5. The molecule has 4 heterocycles. The molecule has 3 saturated heterocycles. The van der Waals surface area contributed by atoms with Crippen LogP contribution in [0.1, 0.15) is 38.5 Å². The van der Waals surface area contributed by atoms with Crippen LogP contribution in [0.4, 0.5) is 5.95 Å². The number of fused-ring (bicyclic) bond motifs is 1. The van der Waals surface area contributed by atoms with Gasteiger partial charge in [-0.3, -0.25) is 14.5 Å². The third kappa shape index (κ3) is 4.40. The van der Waals surface area contributed by atoms with E-state index in [0.29, 0.717) is 25.0 Å². The number of aromatic nitrogens is 2. The van der Waals surface area contributed by atoms with Gasteiger partial charge in [0.05, 0.1) is 12.0 Å². The minimum absolute atomic E-state index is 0.171. The van der Waals surface area contributed by atoms with E-state index in [1.165, 1.54) is 12.8 Å². The van der Waals surface area contributed by atoms with Crippen LogP contribution in [0.2, 0.25) is 0 Å². The Morgan fingerprint density at radius 3 is 2.58 bits per heavy atom. The van der Waals surface area contributed by atoms with E-state index in [1.807, 2.05) is 11.0 Å². The third-order valence-corrected chi connectivity index (χ3v) is 7.62. The number of amides is 2. The minimum atomic E-state index is -0.431. The van der Waals surface area contributed by atoms with Gasteiger partial charge in [-0.15, -0.1) is 0 Å². The first-order chi connectivity index (χ1) is 15.1. The van der Waals surface area contributed by atoms with Crippen LogP contribution in [0.5, 0.6) is 0 Å². The van der Waals surface area contributed by atoms with Crippen LogP contribution in [-0.4, -0.2) is 83.9 Å². The zero-order valence-electron chi connectivity index (χ0n) is 18.3. The van der Waals surface area contributed by atoms with E-state index >= 15 is 0 Å². The monoisotopic (exact) mass is 426 g/mol. The highest BCUT2D eigenvalue weighted by Crippen LogP contribution is 2.44. The molecule has 1 aromatic heterocycles. The maximum atomic E-state index is 13.5. The first kappa shape index (κ1) is 20.7. The second kappa shape index (κ2) is 8.73. The Hall–Kier alpha value is -2.22. The Labute approximate surface area is 184 Å². The summed E-state index contributed by atoms with van der Waals surface area (Å²) in [4.78, 5) is 41.7. The molecular formula is C23H34N6O2. The summed E-state index contributed by atoms with van der Waals surface area (Å²) in [5.74, 6) is 1.96. The number of carbonyl (C=O) groups excluding carboxylic acids is 2. The predicted molar refractivity (Wildman–Crippen MR) is 117 cm³/mol. The Morgan fingerprint density at radius 2 is 1.84 bits per heavy atom. The molecule has 1 saturated carbocycles. The molecule has 0 unspecified atom stereocenters. The maximum absolute atomic E-state index is 13.5. The topological polar surface area (TPSA) is 81.7 Å². The average Bonchev–Trinajstić information content (AvgIpc) is 3.36. The lowest BCUT2D eigenvalue weighted by Crippen LogP contribution is -2.49. The first-order valence-electron chi connectivity index (χ1n) is 11.9.